The Morgan fingerprint density at radius 1 is 1.00 bits per heavy atom. The average Bonchev–Trinajstić information content (AvgIpc) is 3.05. The molecule has 0 radical (unpaired) electrons. The number of hydrogen-bond donors (Lipinski definition) is 1. The normalized spacial score (nSPS) is 27.1. The Morgan fingerprint density at radius 2 is 1.64 bits per heavy atom. The lowest BCUT2D eigenvalue weighted by atomic mass is 9.69. The van der Waals surface area contributed by atoms with Gasteiger partial charge in [0.25, 0.3) is 0 Å². The zero-order valence-electron chi connectivity index (χ0n) is 16.6. The van der Waals surface area contributed by atoms with Gasteiger partial charge in [0.1, 0.15) is 0 Å². The molecule has 1 spiro atoms. The van der Waals surface area contributed by atoms with Crippen LogP contribution in [0.2, 0.25) is 0 Å². The van der Waals surface area contributed by atoms with Gasteiger partial charge in [-0.1, -0.05) is 36.3 Å². The lowest BCUT2D eigenvalue weighted by Crippen LogP contribution is -2.54. The molecule has 0 unspecified atom stereocenters. The number of rotatable bonds is 3. The van der Waals surface area contributed by atoms with E-state index >= 15 is 0 Å². The molecule has 1 saturated heterocycles. The van der Waals surface area contributed by atoms with Crippen molar-refractivity contribution in [2.75, 3.05) is 25.5 Å². The van der Waals surface area contributed by atoms with Crippen molar-refractivity contribution in [3.05, 3.63) is 65.7 Å². The van der Waals surface area contributed by atoms with Crippen LogP contribution >= 0.6 is 0 Å². The summed E-state index contributed by atoms with van der Waals surface area (Å²) < 4.78 is 0. The smallest absolute Gasteiger partial charge is 0.322 e. The van der Waals surface area contributed by atoms with Crippen LogP contribution in [0, 0.1) is 12.3 Å². The minimum absolute atomic E-state index is 0.00878. The third kappa shape index (κ3) is 3.06. The fourth-order valence-corrected chi connectivity index (χ4v) is 4.82. The van der Waals surface area contributed by atoms with Crippen LogP contribution in [0.4, 0.5) is 10.5 Å². The molecule has 2 aliphatic rings. The molecule has 2 fully saturated rings. The number of carbonyl (C=O) groups is 1. The summed E-state index contributed by atoms with van der Waals surface area (Å²) in [4.78, 5) is 16.9. The molecule has 2 aromatic rings. The third-order valence-electron chi connectivity index (χ3n) is 6.63. The second-order valence-electron chi connectivity index (χ2n) is 8.28. The highest BCUT2D eigenvalue weighted by Gasteiger charge is 2.50. The van der Waals surface area contributed by atoms with Crippen LogP contribution in [-0.4, -0.2) is 37.1 Å². The monoisotopic (exact) mass is 373 g/mol. The van der Waals surface area contributed by atoms with E-state index in [4.69, 9.17) is 6.42 Å². The van der Waals surface area contributed by atoms with Crippen molar-refractivity contribution in [1.82, 2.24) is 10.2 Å². The van der Waals surface area contributed by atoms with Gasteiger partial charge in [0.2, 0.25) is 0 Å². The van der Waals surface area contributed by atoms with Gasteiger partial charge in [-0.3, -0.25) is 9.80 Å². The van der Waals surface area contributed by atoms with Crippen LogP contribution in [0.1, 0.15) is 36.8 Å². The summed E-state index contributed by atoms with van der Waals surface area (Å²) in [5, 5.41) is 3.30. The van der Waals surface area contributed by atoms with Crippen molar-refractivity contribution in [2.24, 2.45) is 0 Å². The third-order valence-corrected chi connectivity index (χ3v) is 6.63. The topological polar surface area (TPSA) is 35.6 Å². The molecule has 1 aliphatic heterocycles. The van der Waals surface area contributed by atoms with Gasteiger partial charge in [-0.25, -0.2) is 4.79 Å². The zero-order chi connectivity index (χ0) is 19.8. The van der Waals surface area contributed by atoms with Crippen LogP contribution in [0.3, 0.4) is 0 Å². The first-order valence-corrected chi connectivity index (χ1v) is 9.87. The summed E-state index contributed by atoms with van der Waals surface area (Å²) >= 11 is 0. The minimum atomic E-state index is -0.157. The van der Waals surface area contributed by atoms with Crippen LogP contribution in [0.25, 0.3) is 0 Å². The van der Waals surface area contributed by atoms with E-state index in [9.17, 15) is 4.79 Å². The van der Waals surface area contributed by atoms with Crippen molar-refractivity contribution in [2.45, 2.75) is 36.8 Å². The van der Waals surface area contributed by atoms with Crippen molar-refractivity contribution < 1.29 is 4.79 Å². The number of anilines is 1. The van der Waals surface area contributed by atoms with Gasteiger partial charge in [-0.15, -0.1) is 6.42 Å². The van der Waals surface area contributed by atoms with Crippen molar-refractivity contribution in [3.8, 4) is 12.3 Å². The molecule has 4 rings (SSSR count). The number of nitrogens with zero attached hydrogens (tertiary/aromatic N) is 2. The molecule has 2 aromatic carbocycles. The molecule has 4 heteroatoms. The maximum Gasteiger partial charge on any atom is 0.322 e. The van der Waals surface area contributed by atoms with E-state index in [-0.39, 0.29) is 17.1 Å². The second kappa shape index (κ2) is 7.00. The predicted molar refractivity (Wildman–Crippen MR) is 113 cm³/mol. The first-order chi connectivity index (χ1) is 13.5. The SMILES string of the molecule is C#Cc1ccc(N2CC3(CCC(c4ccccc4)(N(C)C)CC3)NC2=O)cc1. The van der Waals surface area contributed by atoms with E-state index in [0.29, 0.717) is 6.54 Å². The minimum Gasteiger partial charge on any atom is -0.330 e. The van der Waals surface area contributed by atoms with Crippen molar-refractivity contribution in [1.29, 1.82) is 0 Å². The summed E-state index contributed by atoms with van der Waals surface area (Å²) in [6.45, 7) is 0.708. The standard InChI is InChI=1S/C24H27N3O/c1-4-19-10-12-21(13-11-19)27-18-23(25-22(27)28)14-16-24(17-15-23,26(2)3)20-8-6-5-7-9-20/h1,5-13H,14-18H2,2-3H3,(H,25,28). The van der Waals surface area contributed by atoms with Crippen LogP contribution < -0.4 is 10.2 Å². The van der Waals surface area contributed by atoms with Gasteiger partial charge in [-0.2, -0.15) is 0 Å². The number of urea groups is 1. The van der Waals surface area contributed by atoms with E-state index in [1.807, 2.05) is 29.2 Å². The molecular formula is C24H27N3O. The lowest BCUT2D eigenvalue weighted by molar-refractivity contribution is 0.0658. The maximum atomic E-state index is 12.7. The average molecular weight is 374 g/mol. The summed E-state index contributed by atoms with van der Waals surface area (Å²) in [7, 11) is 4.33. The van der Waals surface area contributed by atoms with Crippen molar-refractivity contribution in [3.63, 3.8) is 0 Å². The lowest BCUT2D eigenvalue weighted by Gasteiger charge is -2.48. The summed E-state index contributed by atoms with van der Waals surface area (Å²) in [6.07, 6.45) is 9.41. The van der Waals surface area contributed by atoms with Gasteiger partial charge >= 0.3 is 6.03 Å². The first-order valence-electron chi connectivity index (χ1n) is 9.87. The number of benzene rings is 2. The molecule has 0 bridgehead atoms. The highest BCUT2D eigenvalue weighted by atomic mass is 16.2. The molecular weight excluding hydrogens is 346 g/mol. The van der Waals surface area contributed by atoms with Crippen LogP contribution in [0.5, 0.6) is 0 Å². The molecule has 0 aromatic heterocycles. The molecule has 1 aliphatic carbocycles. The van der Waals surface area contributed by atoms with Gasteiger partial charge in [0, 0.05) is 16.8 Å². The fourth-order valence-electron chi connectivity index (χ4n) is 4.82. The molecule has 28 heavy (non-hydrogen) atoms. The predicted octanol–water partition coefficient (Wildman–Crippen LogP) is 3.97. The highest BCUT2D eigenvalue weighted by molar-refractivity contribution is 5.95. The van der Waals surface area contributed by atoms with Crippen LogP contribution in [0.15, 0.2) is 54.6 Å². The Kier molecular flexibility index (Phi) is 4.64. The van der Waals surface area contributed by atoms with E-state index in [0.717, 1.165) is 36.9 Å². The molecule has 4 nitrogen and oxygen atoms in total. The molecule has 2 amide bonds. The summed E-state index contributed by atoms with van der Waals surface area (Å²) in [5.74, 6) is 2.62. The Morgan fingerprint density at radius 3 is 2.21 bits per heavy atom. The number of carbonyl (C=O) groups excluding carboxylic acids is 1. The van der Waals surface area contributed by atoms with Crippen molar-refractivity contribution >= 4 is 11.7 Å². The highest BCUT2D eigenvalue weighted by Crippen LogP contribution is 2.46. The number of terminal acetylenes is 1. The maximum absolute atomic E-state index is 12.7. The van der Waals surface area contributed by atoms with E-state index in [1.54, 1.807) is 0 Å². The first kappa shape index (κ1) is 18.6. The molecule has 144 valence electrons. The molecule has 0 atom stereocenters. The molecule has 1 heterocycles. The second-order valence-corrected chi connectivity index (χ2v) is 8.28. The number of nitrogens with one attached hydrogen (secondary N) is 1. The Labute approximate surface area is 167 Å². The van der Waals surface area contributed by atoms with Crippen LogP contribution in [-0.2, 0) is 5.54 Å². The van der Waals surface area contributed by atoms with E-state index in [1.165, 1.54) is 5.56 Å². The van der Waals surface area contributed by atoms with E-state index < -0.39 is 0 Å². The Hall–Kier alpha value is -2.77. The summed E-state index contributed by atoms with van der Waals surface area (Å²) in [6, 6.07) is 18.4. The molecule has 1 saturated carbocycles. The van der Waals surface area contributed by atoms with Gasteiger partial charge in [-0.05, 0) is 69.6 Å². The number of hydrogen-bond acceptors (Lipinski definition) is 2. The Bertz CT molecular complexity index is 888. The molecule has 1 N–H and O–H groups in total. The van der Waals surface area contributed by atoms with E-state index in [2.05, 4.69) is 60.6 Å². The summed E-state index contributed by atoms with van der Waals surface area (Å²) in [5.41, 5.74) is 2.96. The van der Waals surface area contributed by atoms with Gasteiger partial charge in [0.15, 0.2) is 0 Å². The quantitative estimate of drug-likeness (QED) is 0.827. The number of amides is 2. The van der Waals surface area contributed by atoms with Gasteiger partial charge in [0.05, 0.1) is 12.1 Å². The zero-order valence-corrected chi connectivity index (χ0v) is 16.6. The largest absolute Gasteiger partial charge is 0.330 e. The van der Waals surface area contributed by atoms with Gasteiger partial charge < -0.3 is 5.32 Å². The fraction of sp³-hybridized carbons (Fsp3) is 0.375. The Balaban J connectivity index is 1.54.